The molecule has 0 spiro atoms. The van der Waals surface area contributed by atoms with Crippen LogP contribution in [-0.4, -0.2) is 37.0 Å². The molecule has 1 aromatic heterocycles. The van der Waals surface area contributed by atoms with Crippen LogP contribution in [0.3, 0.4) is 0 Å². The van der Waals surface area contributed by atoms with Gasteiger partial charge in [0.2, 0.25) is 0 Å². The lowest BCUT2D eigenvalue weighted by Crippen LogP contribution is -2.32. The molecule has 0 saturated carbocycles. The first-order valence-corrected chi connectivity index (χ1v) is 9.01. The highest BCUT2D eigenvalue weighted by Crippen LogP contribution is 2.18. The van der Waals surface area contributed by atoms with Crippen molar-refractivity contribution < 1.29 is 4.42 Å². The van der Waals surface area contributed by atoms with Crippen LogP contribution in [0.2, 0.25) is 5.02 Å². The Morgan fingerprint density at radius 3 is 2.50 bits per heavy atom. The predicted octanol–water partition coefficient (Wildman–Crippen LogP) is 4.01. The summed E-state index contributed by atoms with van der Waals surface area (Å²) in [6.07, 6.45) is 1.58. The van der Waals surface area contributed by atoms with Crippen molar-refractivity contribution in [3.05, 3.63) is 81.2 Å². The molecule has 136 valence electrons. The highest BCUT2D eigenvalue weighted by molar-refractivity contribution is 6.31. The molecule has 0 aliphatic carbocycles. The summed E-state index contributed by atoms with van der Waals surface area (Å²) in [7, 11) is 4.10. The van der Waals surface area contributed by atoms with Crippen molar-refractivity contribution in [3.8, 4) is 0 Å². The van der Waals surface area contributed by atoms with Gasteiger partial charge in [0.15, 0.2) is 5.43 Å². The van der Waals surface area contributed by atoms with E-state index >= 15 is 0 Å². The smallest absolute Gasteiger partial charge is 0.197 e. The molecule has 0 aliphatic heterocycles. The average molecular weight is 371 g/mol. The summed E-state index contributed by atoms with van der Waals surface area (Å²) in [6.45, 7) is 3.09. The van der Waals surface area contributed by atoms with Crippen LogP contribution in [0.1, 0.15) is 11.1 Å². The maximum absolute atomic E-state index is 12.9. The van der Waals surface area contributed by atoms with Crippen LogP contribution in [0, 0.1) is 0 Å². The minimum Gasteiger partial charge on any atom is -0.464 e. The van der Waals surface area contributed by atoms with E-state index in [-0.39, 0.29) is 5.43 Å². The van der Waals surface area contributed by atoms with E-state index in [4.69, 9.17) is 16.0 Å². The minimum atomic E-state index is -0.0170. The minimum absolute atomic E-state index is 0.0170. The summed E-state index contributed by atoms with van der Waals surface area (Å²) in [5, 5.41) is 1.07. The topological polar surface area (TPSA) is 36.7 Å². The quantitative estimate of drug-likeness (QED) is 0.629. The van der Waals surface area contributed by atoms with Gasteiger partial charge in [-0.2, -0.15) is 0 Å². The van der Waals surface area contributed by atoms with E-state index in [2.05, 4.69) is 21.9 Å². The number of halogens is 1. The molecule has 0 aliphatic rings. The van der Waals surface area contributed by atoms with Gasteiger partial charge >= 0.3 is 0 Å². The zero-order chi connectivity index (χ0) is 18.5. The van der Waals surface area contributed by atoms with E-state index in [1.807, 2.05) is 32.3 Å². The Hall–Kier alpha value is -2.14. The molecule has 0 unspecified atom stereocenters. The molecular weight excluding hydrogens is 348 g/mol. The first-order valence-electron chi connectivity index (χ1n) is 8.64. The first kappa shape index (κ1) is 18.6. The van der Waals surface area contributed by atoms with Crippen LogP contribution in [0.4, 0.5) is 0 Å². The van der Waals surface area contributed by atoms with E-state index < -0.39 is 0 Å². The molecule has 0 fully saturated rings. The molecule has 0 saturated heterocycles. The molecule has 1 heterocycles. The third-order valence-corrected chi connectivity index (χ3v) is 4.55. The van der Waals surface area contributed by atoms with Crippen molar-refractivity contribution in [3.63, 3.8) is 0 Å². The van der Waals surface area contributed by atoms with Crippen molar-refractivity contribution in [2.24, 2.45) is 0 Å². The van der Waals surface area contributed by atoms with Gasteiger partial charge < -0.3 is 9.32 Å². The number of rotatable bonds is 7. The Morgan fingerprint density at radius 1 is 1.00 bits per heavy atom. The Morgan fingerprint density at radius 2 is 1.77 bits per heavy atom. The molecule has 2 aromatic carbocycles. The third kappa shape index (κ3) is 4.73. The first-order chi connectivity index (χ1) is 12.5. The molecule has 0 atom stereocenters. The molecule has 3 aromatic rings. The normalized spacial score (nSPS) is 11.6. The van der Waals surface area contributed by atoms with Gasteiger partial charge in [-0.1, -0.05) is 41.9 Å². The van der Waals surface area contributed by atoms with Gasteiger partial charge in [0.1, 0.15) is 5.58 Å². The number of fused-ring (bicyclic) bond motifs is 1. The van der Waals surface area contributed by atoms with Crippen LogP contribution in [0.5, 0.6) is 0 Å². The second-order valence-electron chi connectivity index (χ2n) is 6.73. The van der Waals surface area contributed by atoms with E-state index in [0.717, 1.165) is 19.6 Å². The molecule has 5 heteroatoms. The second kappa shape index (κ2) is 8.49. The van der Waals surface area contributed by atoms with Crippen molar-refractivity contribution in [2.45, 2.75) is 13.1 Å². The maximum atomic E-state index is 12.9. The molecule has 0 radical (unpaired) electrons. The number of benzene rings is 2. The lowest BCUT2D eigenvalue weighted by atomic mass is 10.1. The molecule has 4 nitrogen and oxygen atoms in total. The van der Waals surface area contributed by atoms with E-state index in [1.54, 1.807) is 24.5 Å². The summed E-state index contributed by atoms with van der Waals surface area (Å²) in [5.41, 5.74) is 2.41. The lowest BCUT2D eigenvalue weighted by Gasteiger charge is -2.24. The summed E-state index contributed by atoms with van der Waals surface area (Å²) >= 11 is 6.04. The van der Waals surface area contributed by atoms with E-state index in [9.17, 15) is 4.79 Å². The molecule has 0 amide bonds. The molecule has 0 bridgehead atoms. The maximum Gasteiger partial charge on any atom is 0.197 e. The van der Waals surface area contributed by atoms with Crippen LogP contribution in [-0.2, 0) is 13.1 Å². The van der Waals surface area contributed by atoms with Crippen molar-refractivity contribution in [2.75, 3.05) is 27.2 Å². The van der Waals surface area contributed by atoms with Crippen LogP contribution in [0.25, 0.3) is 11.0 Å². The summed E-state index contributed by atoms with van der Waals surface area (Å²) in [5.74, 6) is 0. The fourth-order valence-electron chi connectivity index (χ4n) is 2.89. The van der Waals surface area contributed by atoms with Crippen LogP contribution in [0.15, 0.2) is 64.0 Å². The fraction of sp³-hybridized carbons (Fsp3) is 0.286. The third-order valence-electron chi connectivity index (χ3n) is 4.31. The standard InChI is InChI=1S/C21H23ClN2O2/c1-23(2)10-11-24(13-16-6-4-3-5-7-16)14-17-15-26-20-9-8-18(22)12-19(20)21(17)25/h3-9,12,15H,10-11,13-14H2,1-2H3. The van der Waals surface area contributed by atoms with Crippen LogP contribution < -0.4 is 5.43 Å². The SMILES string of the molecule is CN(C)CCN(Cc1ccccc1)Cc1coc2ccc(Cl)cc2c1=O. The van der Waals surface area contributed by atoms with Gasteiger partial charge in [-0.3, -0.25) is 9.69 Å². The Kier molecular flexibility index (Phi) is 6.09. The molecule has 3 rings (SSSR count). The highest BCUT2D eigenvalue weighted by atomic mass is 35.5. The predicted molar refractivity (Wildman–Crippen MR) is 107 cm³/mol. The Bertz CT molecular complexity index is 922. The molecule has 0 N–H and O–H groups in total. The zero-order valence-electron chi connectivity index (χ0n) is 15.1. The number of hydrogen-bond donors (Lipinski definition) is 0. The van der Waals surface area contributed by atoms with Gasteiger partial charge in [-0.15, -0.1) is 0 Å². The number of hydrogen-bond acceptors (Lipinski definition) is 4. The van der Waals surface area contributed by atoms with Crippen molar-refractivity contribution in [1.29, 1.82) is 0 Å². The largest absolute Gasteiger partial charge is 0.464 e. The van der Waals surface area contributed by atoms with Gasteiger partial charge in [0.25, 0.3) is 0 Å². The van der Waals surface area contributed by atoms with Gasteiger partial charge in [-0.05, 0) is 37.9 Å². The van der Waals surface area contributed by atoms with Crippen LogP contribution >= 0.6 is 11.6 Å². The van der Waals surface area contributed by atoms with Gasteiger partial charge in [0.05, 0.1) is 11.6 Å². The fourth-order valence-corrected chi connectivity index (χ4v) is 3.06. The number of nitrogens with zero attached hydrogens (tertiary/aromatic N) is 2. The molecule has 26 heavy (non-hydrogen) atoms. The summed E-state index contributed by atoms with van der Waals surface area (Å²) in [4.78, 5) is 17.3. The van der Waals surface area contributed by atoms with Gasteiger partial charge in [-0.25, -0.2) is 0 Å². The van der Waals surface area contributed by atoms with E-state index in [1.165, 1.54) is 5.56 Å². The zero-order valence-corrected chi connectivity index (χ0v) is 15.9. The number of likely N-dealkylation sites (N-methyl/N-ethyl adjacent to an activating group) is 1. The average Bonchev–Trinajstić information content (AvgIpc) is 2.63. The Labute approximate surface area is 158 Å². The van der Waals surface area contributed by atoms with Crippen molar-refractivity contribution >= 4 is 22.6 Å². The van der Waals surface area contributed by atoms with Gasteiger partial charge in [0, 0.05) is 36.8 Å². The monoisotopic (exact) mass is 370 g/mol. The molecular formula is C21H23ClN2O2. The second-order valence-corrected chi connectivity index (χ2v) is 7.17. The lowest BCUT2D eigenvalue weighted by molar-refractivity contribution is 0.224. The van der Waals surface area contributed by atoms with E-state index in [0.29, 0.717) is 28.1 Å². The summed E-state index contributed by atoms with van der Waals surface area (Å²) in [6, 6.07) is 15.4. The highest BCUT2D eigenvalue weighted by Gasteiger charge is 2.13. The van der Waals surface area contributed by atoms with Crippen molar-refractivity contribution in [1.82, 2.24) is 9.80 Å². The summed E-state index contributed by atoms with van der Waals surface area (Å²) < 4.78 is 5.66. The Balaban J connectivity index is 1.86.